The van der Waals surface area contributed by atoms with Crippen molar-refractivity contribution in [2.75, 3.05) is 31.1 Å². The number of thiazole rings is 1. The monoisotopic (exact) mass is 385 g/mol. The Morgan fingerprint density at radius 2 is 1.96 bits per heavy atom. The van der Waals surface area contributed by atoms with Gasteiger partial charge in [0.05, 0.1) is 27.3 Å². The van der Waals surface area contributed by atoms with E-state index in [1.54, 1.807) is 11.3 Å². The van der Waals surface area contributed by atoms with E-state index in [4.69, 9.17) is 0 Å². The van der Waals surface area contributed by atoms with Crippen LogP contribution in [0.2, 0.25) is 0 Å². The SMILES string of the molecule is CC1(C)C[C@@H]1C(=O)N1CC2(C1)CN(c1cccc3ncsc13)C[C@H]2C(=O)O. The smallest absolute Gasteiger partial charge is 0.309 e. The largest absolute Gasteiger partial charge is 0.481 e. The van der Waals surface area contributed by atoms with Crippen LogP contribution < -0.4 is 4.90 Å². The van der Waals surface area contributed by atoms with Crippen molar-refractivity contribution in [1.82, 2.24) is 9.88 Å². The number of amides is 1. The number of carbonyl (C=O) groups is 2. The van der Waals surface area contributed by atoms with Gasteiger partial charge in [-0.3, -0.25) is 9.59 Å². The molecule has 1 aromatic carbocycles. The summed E-state index contributed by atoms with van der Waals surface area (Å²) in [5.74, 6) is -0.885. The van der Waals surface area contributed by atoms with Crippen LogP contribution in [0.5, 0.6) is 0 Å². The molecule has 1 aromatic heterocycles. The third kappa shape index (κ3) is 2.47. The Morgan fingerprint density at radius 1 is 1.22 bits per heavy atom. The van der Waals surface area contributed by atoms with Crippen LogP contribution in [0, 0.1) is 22.7 Å². The van der Waals surface area contributed by atoms with Gasteiger partial charge in [-0.25, -0.2) is 4.98 Å². The zero-order valence-electron chi connectivity index (χ0n) is 15.5. The molecule has 3 heterocycles. The number of fused-ring (bicyclic) bond motifs is 1. The number of hydrogen-bond acceptors (Lipinski definition) is 5. The molecular formula is C20H23N3O3S. The van der Waals surface area contributed by atoms with Gasteiger partial charge in [0.25, 0.3) is 0 Å². The number of carboxylic acids is 1. The molecule has 2 atom stereocenters. The first-order valence-corrected chi connectivity index (χ1v) is 10.3. The Labute approximate surface area is 161 Å². The molecule has 0 unspecified atom stereocenters. The maximum atomic E-state index is 12.7. The van der Waals surface area contributed by atoms with Gasteiger partial charge in [-0.05, 0) is 24.0 Å². The standard InChI is InChI=1S/C20H23N3O3S/c1-19(2)6-12(19)17(24)23-9-20(10-23)8-22(7-13(20)18(25)26)15-5-3-4-14-16(15)27-11-21-14/h3-5,11-13H,6-10H2,1-2H3,(H,25,26)/t12-,13+/m1/s1. The summed E-state index contributed by atoms with van der Waals surface area (Å²) in [6.07, 6.45) is 0.942. The van der Waals surface area contributed by atoms with E-state index in [2.05, 4.69) is 23.7 Å². The topological polar surface area (TPSA) is 73.7 Å². The molecule has 2 aromatic rings. The van der Waals surface area contributed by atoms with Crippen LogP contribution in [0.3, 0.4) is 0 Å². The lowest BCUT2D eigenvalue weighted by Crippen LogP contribution is -2.63. The maximum absolute atomic E-state index is 12.7. The van der Waals surface area contributed by atoms with E-state index in [9.17, 15) is 14.7 Å². The molecule has 7 heteroatoms. The number of aromatic nitrogens is 1. The van der Waals surface area contributed by atoms with Crippen LogP contribution in [-0.4, -0.2) is 53.0 Å². The first-order valence-electron chi connectivity index (χ1n) is 9.40. The van der Waals surface area contributed by atoms with Gasteiger partial charge in [-0.15, -0.1) is 11.3 Å². The fourth-order valence-electron chi connectivity index (χ4n) is 4.91. The Kier molecular flexibility index (Phi) is 3.42. The van der Waals surface area contributed by atoms with Crippen molar-refractivity contribution < 1.29 is 14.7 Å². The van der Waals surface area contributed by atoms with Crippen LogP contribution >= 0.6 is 11.3 Å². The molecule has 1 amide bonds. The molecule has 2 aliphatic heterocycles. The van der Waals surface area contributed by atoms with Crippen molar-refractivity contribution in [3.63, 3.8) is 0 Å². The summed E-state index contributed by atoms with van der Waals surface area (Å²) in [7, 11) is 0. The lowest BCUT2D eigenvalue weighted by atomic mass is 9.71. The fraction of sp³-hybridized carbons (Fsp3) is 0.550. The Bertz CT molecular complexity index is 947. The van der Waals surface area contributed by atoms with Crippen LogP contribution in [0.1, 0.15) is 20.3 Å². The molecule has 142 valence electrons. The van der Waals surface area contributed by atoms with E-state index in [1.165, 1.54) is 0 Å². The predicted molar refractivity (Wildman–Crippen MR) is 104 cm³/mol. The highest BCUT2D eigenvalue weighted by Crippen LogP contribution is 2.55. The van der Waals surface area contributed by atoms with Crippen LogP contribution in [0.25, 0.3) is 10.2 Å². The van der Waals surface area contributed by atoms with E-state index in [-0.39, 0.29) is 22.7 Å². The minimum Gasteiger partial charge on any atom is -0.481 e. The molecule has 1 spiro atoms. The van der Waals surface area contributed by atoms with Crippen LogP contribution in [0.15, 0.2) is 23.7 Å². The van der Waals surface area contributed by atoms with Gasteiger partial charge in [-0.2, -0.15) is 0 Å². The van der Waals surface area contributed by atoms with E-state index < -0.39 is 11.9 Å². The van der Waals surface area contributed by atoms with Gasteiger partial charge in [0.1, 0.15) is 0 Å². The molecular weight excluding hydrogens is 362 g/mol. The third-order valence-corrected chi connectivity index (χ3v) is 7.62. The molecule has 6 nitrogen and oxygen atoms in total. The second kappa shape index (κ2) is 5.44. The van der Waals surface area contributed by atoms with Gasteiger partial charge < -0.3 is 14.9 Å². The minimum absolute atomic E-state index is 0.107. The van der Waals surface area contributed by atoms with E-state index in [1.807, 2.05) is 28.6 Å². The predicted octanol–water partition coefficient (Wildman–Crippen LogP) is 2.69. The highest BCUT2D eigenvalue weighted by Gasteiger charge is 2.61. The zero-order valence-corrected chi connectivity index (χ0v) is 16.3. The number of likely N-dealkylation sites (tertiary alicyclic amines) is 1. The van der Waals surface area contributed by atoms with E-state index in [0.717, 1.165) is 22.3 Å². The third-order valence-electron chi connectivity index (χ3n) is 6.76. The molecule has 5 rings (SSSR count). The number of anilines is 1. The number of rotatable bonds is 3. The molecule has 0 bridgehead atoms. The van der Waals surface area contributed by atoms with Crippen molar-refractivity contribution >= 4 is 39.1 Å². The summed E-state index contributed by atoms with van der Waals surface area (Å²) in [5.41, 5.74) is 3.61. The van der Waals surface area contributed by atoms with Gasteiger partial charge in [0, 0.05) is 37.5 Å². The van der Waals surface area contributed by atoms with Crippen molar-refractivity contribution in [3.8, 4) is 0 Å². The van der Waals surface area contributed by atoms with E-state index >= 15 is 0 Å². The molecule has 3 aliphatic rings. The number of carbonyl (C=O) groups excluding carboxylic acids is 1. The van der Waals surface area contributed by atoms with Gasteiger partial charge in [0.2, 0.25) is 5.91 Å². The highest BCUT2D eigenvalue weighted by molar-refractivity contribution is 7.17. The number of carboxylic acid groups (broad SMARTS) is 1. The summed E-state index contributed by atoms with van der Waals surface area (Å²) < 4.78 is 1.10. The van der Waals surface area contributed by atoms with Gasteiger partial charge in [0.15, 0.2) is 0 Å². The Hall–Kier alpha value is -2.15. The van der Waals surface area contributed by atoms with Gasteiger partial charge >= 0.3 is 5.97 Å². The second-order valence-electron chi connectivity index (χ2n) is 9.05. The Morgan fingerprint density at radius 3 is 2.63 bits per heavy atom. The number of nitrogens with zero attached hydrogens (tertiary/aromatic N) is 3. The quantitative estimate of drug-likeness (QED) is 0.879. The molecule has 0 radical (unpaired) electrons. The molecule has 27 heavy (non-hydrogen) atoms. The molecule has 2 saturated heterocycles. The zero-order chi connectivity index (χ0) is 19.0. The molecule has 1 saturated carbocycles. The first-order chi connectivity index (χ1) is 12.8. The summed E-state index contributed by atoms with van der Waals surface area (Å²) in [4.78, 5) is 33.1. The minimum atomic E-state index is -0.757. The number of benzene rings is 1. The average Bonchev–Trinajstić information content (AvgIpc) is 2.98. The summed E-state index contributed by atoms with van der Waals surface area (Å²) in [6, 6.07) is 6.01. The first kappa shape index (κ1) is 17.0. The molecule has 1 N–H and O–H groups in total. The summed E-state index contributed by atoms with van der Waals surface area (Å²) >= 11 is 1.59. The highest BCUT2D eigenvalue weighted by atomic mass is 32.1. The average molecular weight is 385 g/mol. The van der Waals surface area contributed by atoms with E-state index in [0.29, 0.717) is 26.2 Å². The molecule has 1 aliphatic carbocycles. The molecule has 3 fully saturated rings. The normalized spacial score (nSPS) is 27.8. The van der Waals surface area contributed by atoms with Crippen molar-refractivity contribution in [2.24, 2.45) is 22.7 Å². The number of aliphatic carboxylic acids is 1. The summed E-state index contributed by atoms with van der Waals surface area (Å²) in [5, 5.41) is 9.84. The Balaban J connectivity index is 1.38. The van der Waals surface area contributed by atoms with Crippen LogP contribution in [-0.2, 0) is 9.59 Å². The lowest BCUT2D eigenvalue weighted by molar-refractivity contribution is -0.158. The maximum Gasteiger partial charge on any atom is 0.309 e. The fourth-order valence-corrected chi connectivity index (χ4v) is 5.74. The van der Waals surface area contributed by atoms with Gasteiger partial charge in [-0.1, -0.05) is 19.9 Å². The van der Waals surface area contributed by atoms with Crippen molar-refractivity contribution in [3.05, 3.63) is 23.7 Å². The lowest BCUT2D eigenvalue weighted by Gasteiger charge is -2.50. The van der Waals surface area contributed by atoms with Crippen molar-refractivity contribution in [1.29, 1.82) is 0 Å². The second-order valence-corrected chi connectivity index (χ2v) is 9.91. The number of hydrogen-bond donors (Lipinski definition) is 1. The van der Waals surface area contributed by atoms with Crippen LogP contribution in [0.4, 0.5) is 5.69 Å². The van der Waals surface area contributed by atoms with Crippen molar-refractivity contribution in [2.45, 2.75) is 20.3 Å². The summed E-state index contributed by atoms with van der Waals surface area (Å²) in [6.45, 7) is 6.54.